The van der Waals surface area contributed by atoms with E-state index in [1.54, 1.807) is 24.3 Å². The molecular weight excluding hydrogens is 272 g/mol. The molecule has 0 heterocycles. The van der Waals surface area contributed by atoms with E-state index in [-0.39, 0.29) is 0 Å². The molecule has 0 aliphatic carbocycles. The number of carbonyl (C=O) groups is 3. The Hall–Kier alpha value is -2.63. The number of urea groups is 1. The van der Waals surface area contributed by atoms with Crippen LogP contribution in [0.3, 0.4) is 0 Å². The third-order valence-corrected chi connectivity index (χ3v) is 2.66. The molecule has 0 saturated heterocycles. The summed E-state index contributed by atoms with van der Waals surface area (Å²) in [6, 6.07) is 8.40. The van der Waals surface area contributed by atoms with Gasteiger partial charge in [-0.05, 0) is 18.6 Å². The van der Waals surface area contributed by atoms with E-state index in [4.69, 9.17) is 5.11 Å². The lowest BCUT2D eigenvalue weighted by Gasteiger charge is -2.22. The maximum absolute atomic E-state index is 12.1. The van der Waals surface area contributed by atoms with Crippen molar-refractivity contribution in [3.05, 3.63) is 42.5 Å². The number of aliphatic carboxylic acids is 1. The zero-order chi connectivity index (χ0) is 15.7. The predicted molar refractivity (Wildman–Crippen MR) is 79.0 cm³/mol. The first kappa shape index (κ1) is 16.4. The summed E-state index contributed by atoms with van der Waals surface area (Å²) >= 11 is 0. The predicted octanol–water partition coefficient (Wildman–Crippen LogP) is 2.17. The average Bonchev–Trinajstić information content (AvgIpc) is 2.46. The summed E-state index contributed by atoms with van der Waals surface area (Å²) in [4.78, 5) is 35.4. The van der Waals surface area contributed by atoms with E-state index in [0.717, 1.165) is 18.9 Å². The fraction of sp³-hybridized carbons (Fsp3) is 0.267. The molecule has 0 fully saturated rings. The molecule has 0 unspecified atom stereocenters. The van der Waals surface area contributed by atoms with E-state index in [1.165, 1.54) is 4.90 Å². The van der Waals surface area contributed by atoms with Crippen molar-refractivity contribution in [3.63, 3.8) is 0 Å². The highest BCUT2D eigenvalue weighted by atomic mass is 16.4. The van der Waals surface area contributed by atoms with Crippen molar-refractivity contribution >= 4 is 23.6 Å². The number of carboxylic acid groups (broad SMARTS) is 1. The molecule has 0 bridgehead atoms. The van der Waals surface area contributed by atoms with Crippen LogP contribution in [0.5, 0.6) is 0 Å². The van der Waals surface area contributed by atoms with Crippen molar-refractivity contribution < 1.29 is 19.5 Å². The molecule has 1 rings (SSSR count). The quantitative estimate of drug-likeness (QED) is 0.786. The highest BCUT2D eigenvalue weighted by molar-refractivity contribution is 6.07. The fourth-order valence-corrected chi connectivity index (χ4v) is 1.63. The summed E-state index contributed by atoms with van der Waals surface area (Å²) in [6.45, 7) is 2.48. The van der Waals surface area contributed by atoms with E-state index < -0.39 is 17.9 Å². The second-order valence-corrected chi connectivity index (χ2v) is 4.31. The first-order valence-corrected chi connectivity index (χ1v) is 6.63. The number of nitrogens with one attached hydrogen (secondary N) is 1. The molecule has 0 radical (unpaired) electrons. The van der Waals surface area contributed by atoms with Crippen LogP contribution >= 0.6 is 0 Å². The summed E-state index contributed by atoms with van der Waals surface area (Å²) in [5, 5.41) is 10.6. The van der Waals surface area contributed by atoms with Gasteiger partial charge in [-0.1, -0.05) is 31.5 Å². The lowest BCUT2D eigenvalue weighted by atomic mass is 10.2. The second-order valence-electron chi connectivity index (χ2n) is 4.31. The molecular formula is C15H18N2O4. The topological polar surface area (TPSA) is 86.7 Å². The lowest BCUT2D eigenvalue weighted by molar-refractivity contribution is -0.131. The number of unbranched alkanes of at least 4 members (excludes halogenated alkanes) is 1. The van der Waals surface area contributed by atoms with Crippen molar-refractivity contribution in [1.82, 2.24) is 5.32 Å². The Morgan fingerprint density at radius 3 is 2.43 bits per heavy atom. The SMILES string of the molecule is CCCCN(C(=O)NC(=O)C=CC(=O)O)c1ccccc1. The van der Waals surface area contributed by atoms with Gasteiger partial charge in [0.15, 0.2) is 0 Å². The Bertz CT molecular complexity index is 526. The number of amides is 3. The van der Waals surface area contributed by atoms with Crippen LogP contribution in [0.4, 0.5) is 10.5 Å². The Labute approximate surface area is 123 Å². The molecule has 0 atom stereocenters. The smallest absolute Gasteiger partial charge is 0.328 e. The van der Waals surface area contributed by atoms with Crippen LogP contribution < -0.4 is 10.2 Å². The maximum atomic E-state index is 12.1. The van der Waals surface area contributed by atoms with Gasteiger partial charge in [0.25, 0.3) is 5.91 Å². The van der Waals surface area contributed by atoms with Gasteiger partial charge in [0.2, 0.25) is 0 Å². The van der Waals surface area contributed by atoms with Gasteiger partial charge in [0.1, 0.15) is 0 Å². The van der Waals surface area contributed by atoms with Crippen molar-refractivity contribution in [3.8, 4) is 0 Å². The lowest BCUT2D eigenvalue weighted by Crippen LogP contribution is -2.43. The van der Waals surface area contributed by atoms with Gasteiger partial charge in [-0.15, -0.1) is 0 Å². The molecule has 0 aliphatic heterocycles. The number of hydrogen-bond donors (Lipinski definition) is 2. The average molecular weight is 290 g/mol. The normalized spacial score (nSPS) is 10.3. The van der Waals surface area contributed by atoms with Crippen molar-refractivity contribution in [2.24, 2.45) is 0 Å². The summed E-state index contributed by atoms with van der Waals surface area (Å²) in [6.07, 6.45) is 3.19. The molecule has 112 valence electrons. The first-order valence-electron chi connectivity index (χ1n) is 6.63. The summed E-state index contributed by atoms with van der Waals surface area (Å²) < 4.78 is 0. The van der Waals surface area contributed by atoms with E-state index in [9.17, 15) is 14.4 Å². The van der Waals surface area contributed by atoms with Gasteiger partial charge in [0.05, 0.1) is 0 Å². The van der Waals surface area contributed by atoms with Crippen LogP contribution in [0.1, 0.15) is 19.8 Å². The molecule has 21 heavy (non-hydrogen) atoms. The molecule has 0 saturated carbocycles. The molecule has 1 aromatic rings. The van der Waals surface area contributed by atoms with Gasteiger partial charge in [0, 0.05) is 24.4 Å². The molecule has 3 amide bonds. The molecule has 0 aromatic heterocycles. The Morgan fingerprint density at radius 2 is 1.86 bits per heavy atom. The van der Waals surface area contributed by atoms with Crippen LogP contribution in [-0.4, -0.2) is 29.6 Å². The zero-order valence-corrected chi connectivity index (χ0v) is 11.8. The standard InChI is InChI=1S/C15H18N2O4/c1-2-3-11-17(12-7-5-4-6-8-12)15(21)16-13(18)9-10-14(19)20/h4-10H,2-3,11H2,1H3,(H,19,20)(H,16,18,21). The summed E-state index contributed by atoms with van der Waals surface area (Å²) in [5.74, 6) is -2.01. The van der Waals surface area contributed by atoms with Crippen LogP contribution in [0.25, 0.3) is 0 Å². The largest absolute Gasteiger partial charge is 0.478 e. The molecule has 1 aromatic carbocycles. The number of nitrogens with zero attached hydrogens (tertiary/aromatic N) is 1. The minimum atomic E-state index is -1.25. The monoisotopic (exact) mass is 290 g/mol. The number of imide groups is 1. The minimum absolute atomic E-state index is 0.474. The Morgan fingerprint density at radius 1 is 1.19 bits per heavy atom. The molecule has 6 heteroatoms. The number of hydrogen-bond acceptors (Lipinski definition) is 3. The van der Waals surface area contributed by atoms with Crippen LogP contribution in [0.15, 0.2) is 42.5 Å². The molecule has 2 N–H and O–H groups in total. The summed E-state index contributed by atoms with van der Waals surface area (Å²) in [5.41, 5.74) is 0.679. The highest BCUT2D eigenvalue weighted by Gasteiger charge is 2.16. The molecule has 0 aliphatic rings. The third kappa shape index (κ3) is 5.90. The van der Waals surface area contributed by atoms with E-state index in [1.807, 2.05) is 13.0 Å². The number of carboxylic acids is 1. The minimum Gasteiger partial charge on any atom is -0.478 e. The fourth-order valence-electron chi connectivity index (χ4n) is 1.63. The highest BCUT2D eigenvalue weighted by Crippen LogP contribution is 2.14. The Kier molecular flexibility index (Phi) is 6.67. The van der Waals surface area contributed by atoms with Gasteiger partial charge in [-0.25, -0.2) is 9.59 Å². The van der Waals surface area contributed by atoms with Crippen molar-refractivity contribution in [2.75, 3.05) is 11.4 Å². The third-order valence-electron chi connectivity index (χ3n) is 2.66. The summed E-state index contributed by atoms with van der Waals surface area (Å²) in [7, 11) is 0. The Balaban J connectivity index is 2.77. The van der Waals surface area contributed by atoms with Crippen molar-refractivity contribution in [1.29, 1.82) is 0 Å². The number of anilines is 1. The molecule has 0 spiro atoms. The first-order chi connectivity index (χ1) is 10.0. The number of carbonyl (C=O) groups excluding carboxylic acids is 2. The number of rotatable bonds is 6. The van der Waals surface area contributed by atoms with Gasteiger partial charge >= 0.3 is 12.0 Å². The van der Waals surface area contributed by atoms with E-state index in [0.29, 0.717) is 18.3 Å². The molecule has 6 nitrogen and oxygen atoms in total. The van der Waals surface area contributed by atoms with Crippen LogP contribution in [-0.2, 0) is 9.59 Å². The number of para-hydroxylation sites is 1. The van der Waals surface area contributed by atoms with E-state index in [2.05, 4.69) is 5.32 Å². The number of benzene rings is 1. The van der Waals surface area contributed by atoms with Crippen LogP contribution in [0.2, 0.25) is 0 Å². The second kappa shape index (κ2) is 8.52. The van der Waals surface area contributed by atoms with Crippen molar-refractivity contribution in [2.45, 2.75) is 19.8 Å². The zero-order valence-electron chi connectivity index (χ0n) is 11.8. The van der Waals surface area contributed by atoms with Gasteiger partial charge < -0.3 is 5.11 Å². The van der Waals surface area contributed by atoms with Crippen LogP contribution in [0, 0.1) is 0 Å². The van der Waals surface area contributed by atoms with Gasteiger partial charge in [-0.3, -0.25) is 15.0 Å². The van der Waals surface area contributed by atoms with E-state index >= 15 is 0 Å². The van der Waals surface area contributed by atoms with Gasteiger partial charge in [-0.2, -0.15) is 0 Å². The maximum Gasteiger partial charge on any atom is 0.328 e.